The number of nitrogens with zero attached hydrogens (tertiary/aromatic N) is 3. The van der Waals surface area contributed by atoms with Gasteiger partial charge in [0.05, 0.1) is 12.2 Å². The molecule has 0 aliphatic heterocycles. The van der Waals surface area contributed by atoms with E-state index in [4.69, 9.17) is 0 Å². The molecule has 3 heterocycles. The highest BCUT2D eigenvalue weighted by Gasteiger charge is 2.09. The predicted octanol–water partition coefficient (Wildman–Crippen LogP) is 4.58. The number of halogens is 1. The van der Waals surface area contributed by atoms with Gasteiger partial charge in [0, 0.05) is 41.5 Å². The van der Waals surface area contributed by atoms with Crippen molar-refractivity contribution in [2.45, 2.75) is 13.5 Å². The van der Waals surface area contributed by atoms with Gasteiger partial charge in [-0.05, 0) is 48.4 Å². The van der Waals surface area contributed by atoms with Crippen LogP contribution in [0.2, 0.25) is 0 Å². The van der Waals surface area contributed by atoms with E-state index < -0.39 is 0 Å². The van der Waals surface area contributed by atoms with E-state index in [1.54, 1.807) is 49.1 Å². The number of carbonyl (C=O) groups excluding carboxylic acids is 1. The van der Waals surface area contributed by atoms with Gasteiger partial charge in [0.1, 0.15) is 11.5 Å². The number of aromatic nitrogens is 3. The van der Waals surface area contributed by atoms with Crippen LogP contribution >= 0.6 is 0 Å². The molecule has 4 rings (SSSR count). The maximum atomic E-state index is 13.4. The number of rotatable bonds is 5. The lowest BCUT2D eigenvalue weighted by atomic mass is 10.1. The summed E-state index contributed by atoms with van der Waals surface area (Å²) in [6.07, 6.45) is 6.93. The van der Waals surface area contributed by atoms with Crippen LogP contribution in [0.4, 0.5) is 4.39 Å². The smallest absolute Gasteiger partial charge is 0.270 e. The average Bonchev–Trinajstić information content (AvgIpc) is 2.78. The quantitative estimate of drug-likeness (QED) is 0.534. The van der Waals surface area contributed by atoms with E-state index in [0.29, 0.717) is 12.1 Å². The summed E-state index contributed by atoms with van der Waals surface area (Å²) in [6.45, 7) is 2.28. The van der Waals surface area contributed by atoms with Crippen molar-refractivity contribution in [3.8, 4) is 22.3 Å². The maximum absolute atomic E-state index is 13.4. The molecule has 0 unspecified atom stereocenters. The number of hydrogen-bond acceptors (Lipinski definition) is 4. The Balaban J connectivity index is 1.38. The molecule has 0 saturated carbocycles. The second kappa shape index (κ2) is 8.61. The van der Waals surface area contributed by atoms with E-state index in [9.17, 15) is 9.18 Å². The van der Waals surface area contributed by atoms with Gasteiger partial charge in [0.15, 0.2) is 0 Å². The van der Waals surface area contributed by atoms with Crippen LogP contribution in [-0.4, -0.2) is 20.9 Å². The van der Waals surface area contributed by atoms with Crippen LogP contribution in [0.3, 0.4) is 0 Å². The molecule has 4 aromatic rings. The lowest BCUT2D eigenvalue weighted by Gasteiger charge is -2.07. The second-order valence-electron chi connectivity index (χ2n) is 6.91. The van der Waals surface area contributed by atoms with Crippen molar-refractivity contribution < 1.29 is 9.18 Å². The third-order valence-electron chi connectivity index (χ3n) is 4.62. The molecule has 0 radical (unpaired) electrons. The first-order valence-electron chi connectivity index (χ1n) is 9.46. The molecule has 5 nitrogen and oxygen atoms in total. The van der Waals surface area contributed by atoms with Gasteiger partial charge in [-0.2, -0.15) is 0 Å². The second-order valence-corrected chi connectivity index (χ2v) is 6.91. The van der Waals surface area contributed by atoms with Gasteiger partial charge in [0.25, 0.3) is 5.91 Å². The minimum Gasteiger partial charge on any atom is -0.345 e. The number of hydrogen-bond donors (Lipinski definition) is 1. The fourth-order valence-corrected chi connectivity index (χ4v) is 3.04. The van der Waals surface area contributed by atoms with Crippen LogP contribution in [0.25, 0.3) is 22.3 Å². The van der Waals surface area contributed by atoms with Crippen LogP contribution in [0.15, 0.2) is 79.4 Å². The van der Waals surface area contributed by atoms with Gasteiger partial charge in [-0.15, -0.1) is 0 Å². The number of carbonyl (C=O) groups is 1. The number of aryl methyl sites for hydroxylation is 1. The minimum atomic E-state index is -0.313. The zero-order valence-corrected chi connectivity index (χ0v) is 16.3. The highest BCUT2D eigenvalue weighted by atomic mass is 19.1. The van der Waals surface area contributed by atoms with E-state index in [-0.39, 0.29) is 17.4 Å². The molecule has 0 aliphatic rings. The van der Waals surface area contributed by atoms with Crippen LogP contribution in [0.5, 0.6) is 0 Å². The number of benzene rings is 1. The minimum absolute atomic E-state index is 0.289. The molecule has 1 N–H and O–H groups in total. The van der Waals surface area contributed by atoms with Crippen molar-refractivity contribution in [1.82, 2.24) is 20.3 Å². The Morgan fingerprint density at radius 3 is 2.37 bits per heavy atom. The van der Waals surface area contributed by atoms with Gasteiger partial charge >= 0.3 is 0 Å². The molecule has 0 aliphatic carbocycles. The van der Waals surface area contributed by atoms with E-state index in [1.807, 2.05) is 25.1 Å². The summed E-state index contributed by atoms with van der Waals surface area (Å²) in [5, 5.41) is 2.82. The number of amides is 1. The summed E-state index contributed by atoms with van der Waals surface area (Å²) in [5.41, 5.74) is 5.54. The first kappa shape index (κ1) is 19.4. The third kappa shape index (κ3) is 4.55. The summed E-state index contributed by atoms with van der Waals surface area (Å²) in [5.74, 6) is -0.610. The van der Waals surface area contributed by atoms with E-state index >= 15 is 0 Å². The van der Waals surface area contributed by atoms with Gasteiger partial charge in [-0.25, -0.2) is 4.39 Å². The Kier molecular flexibility index (Phi) is 5.57. The maximum Gasteiger partial charge on any atom is 0.270 e. The predicted molar refractivity (Wildman–Crippen MR) is 113 cm³/mol. The summed E-state index contributed by atoms with van der Waals surface area (Å²) in [7, 11) is 0. The Hall–Kier alpha value is -3.93. The number of nitrogens with one attached hydrogen (secondary N) is 1. The standard InChI is InChI=1S/C24H19FN4O/c1-16-9-20(12-26-11-16)19-5-7-22(27-13-19)15-29-24(30)23-8-6-18(14-28-23)17-3-2-4-21(25)10-17/h2-14H,15H2,1H3,(H,29,30). The molecule has 6 heteroatoms. The molecule has 0 fully saturated rings. The molecule has 30 heavy (non-hydrogen) atoms. The molecule has 1 aromatic carbocycles. The van der Waals surface area contributed by atoms with Crippen molar-refractivity contribution in [2.24, 2.45) is 0 Å². The van der Waals surface area contributed by atoms with Gasteiger partial charge < -0.3 is 5.32 Å². The zero-order chi connectivity index (χ0) is 20.9. The topological polar surface area (TPSA) is 67.8 Å². The lowest BCUT2D eigenvalue weighted by Crippen LogP contribution is -2.24. The van der Waals surface area contributed by atoms with E-state index in [2.05, 4.69) is 20.3 Å². The van der Waals surface area contributed by atoms with Gasteiger partial charge in [-0.3, -0.25) is 19.7 Å². The highest BCUT2D eigenvalue weighted by molar-refractivity contribution is 5.92. The van der Waals surface area contributed by atoms with Crippen molar-refractivity contribution in [3.63, 3.8) is 0 Å². The van der Waals surface area contributed by atoms with Gasteiger partial charge in [-0.1, -0.05) is 24.3 Å². The van der Waals surface area contributed by atoms with Crippen LogP contribution < -0.4 is 5.32 Å². The molecular weight excluding hydrogens is 379 g/mol. The molecular formula is C24H19FN4O. The van der Waals surface area contributed by atoms with Gasteiger partial charge in [0.2, 0.25) is 0 Å². The Morgan fingerprint density at radius 1 is 0.867 bits per heavy atom. The highest BCUT2D eigenvalue weighted by Crippen LogP contribution is 2.20. The lowest BCUT2D eigenvalue weighted by molar-refractivity contribution is 0.0945. The van der Waals surface area contributed by atoms with Crippen molar-refractivity contribution in [2.75, 3.05) is 0 Å². The Morgan fingerprint density at radius 2 is 1.67 bits per heavy atom. The molecule has 3 aromatic heterocycles. The van der Waals surface area contributed by atoms with Crippen LogP contribution in [-0.2, 0) is 6.54 Å². The normalized spacial score (nSPS) is 10.6. The molecule has 0 atom stereocenters. The monoisotopic (exact) mass is 398 g/mol. The fraction of sp³-hybridized carbons (Fsp3) is 0.0833. The molecule has 0 saturated heterocycles. The van der Waals surface area contributed by atoms with E-state index in [1.165, 1.54) is 12.1 Å². The van der Waals surface area contributed by atoms with Crippen molar-refractivity contribution in [1.29, 1.82) is 0 Å². The van der Waals surface area contributed by atoms with Crippen LogP contribution in [0.1, 0.15) is 21.7 Å². The molecule has 148 valence electrons. The SMILES string of the molecule is Cc1cncc(-c2ccc(CNC(=O)c3ccc(-c4cccc(F)c4)cn3)nc2)c1. The Bertz CT molecular complexity index is 1170. The summed E-state index contributed by atoms with van der Waals surface area (Å²) < 4.78 is 13.4. The third-order valence-corrected chi connectivity index (χ3v) is 4.62. The first-order chi connectivity index (χ1) is 14.6. The Labute approximate surface area is 173 Å². The first-order valence-corrected chi connectivity index (χ1v) is 9.46. The summed E-state index contributed by atoms with van der Waals surface area (Å²) in [6, 6.07) is 15.5. The molecule has 1 amide bonds. The van der Waals surface area contributed by atoms with E-state index in [0.717, 1.165) is 27.9 Å². The van der Waals surface area contributed by atoms with Crippen LogP contribution in [0, 0.1) is 12.7 Å². The zero-order valence-electron chi connectivity index (χ0n) is 16.3. The summed E-state index contributed by atoms with van der Waals surface area (Å²) in [4.78, 5) is 25.2. The molecule has 0 spiro atoms. The summed E-state index contributed by atoms with van der Waals surface area (Å²) >= 11 is 0. The van der Waals surface area contributed by atoms with Crippen molar-refractivity contribution >= 4 is 5.91 Å². The average molecular weight is 398 g/mol. The largest absolute Gasteiger partial charge is 0.345 e. The van der Waals surface area contributed by atoms with Crippen molar-refractivity contribution in [3.05, 3.63) is 102 Å². The number of pyridine rings is 3. The molecule has 0 bridgehead atoms. The fourth-order valence-electron chi connectivity index (χ4n) is 3.04.